The third-order valence-electron chi connectivity index (χ3n) is 3.88. The van der Waals surface area contributed by atoms with E-state index in [0.717, 1.165) is 36.3 Å². The molecule has 1 N–H and O–H groups in total. The molecule has 0 aliphatic heterocycles. The van der Waals surface area contributed by atoms with E-state index in [-0.39, 0.29) is 0 Å². The number of hydrogen-bond acceptors (Lipinski definition) is 2. The van der Waals surface area contributed by atoms with E-state index in [1.807, 2.05) is 0 Å². The second kappa shape index (κ2) is 6.61. The topological polar surface area (TPSA) is 24.4 Å². The average Bonchev–Trinajstić information content (AvgIpc) is 2.52. The molecule has 1 aliphatic carbocycles. The summed E-state index contributed by atoms with van der Waals surface area (Å²) >= 11 is 0. The molecule has 0 heterocycles. The van der Waals surface area contributed by atoms with Crippen molar-refractivity contribution in [3.05, 3.63) is 71.4 Å². The Morgan fingerprint density at radius 1 is 0.818 bits per heavy atom. The van der Waals surface area contributed by atoms with E-state index in [4.69, 9.17) is 4.99 Å². The number of aliphatic imine (C=N–C) groups is 1. The average molecular weight is 290 g/mol. The molecule has 0 amide bonds. The molecule has 3 rings (SSSR count). The Balaban J connectivity index is 1.76. The maximum absolute atomic E-state index is 4.77. The van der Waals surface area contributed by atoms with Gasteiger partial charge in [-0.15, -0.1) is 0 Å². The van der Waals surface area contributed by atoms with E-state index >= 15 is 0 Å². The van der Waals surface area contributed by atoms with Crippen LogP contribution in [-0.2, 0) is 0 Å². The fraction of sp³-hybridized carbons (Fsp3) is 0.250. The standard InChI is InChI=1S/C20H22N2/c1-15-6-10-17(11-7-15)21-19-4-3-5-20(14-19)22-18-12-8-16(2)9-13-18/h6-14,21H,3-5H2,1-2H3/b22-20+. The summed E-state index contributed by atoms with van der Waals surface area (Å²) in [5.41, 5.74) is 7.14. The van der Waals surface area contributed by atoms with Crippen LogP contribution in [0.3, 0.4) is 0 Å². The van der Waals surface area contributed by atoms with Gasteiger partial charge in [-0.3, -0.25) is 4.99 Å². The number of anilines is 1. The van der Waals surface area contributed by atoms with Crippen LogP contribution >= 0.6 is 0 Å². The number of aryl methyl sites for hydroxylation is 2. The van der Waals surface area contributed by atoms with Crippen LogP contribution in [0.25, 0.3) is 0 Å². The molecule has 0 bridgehead atoms. The van der Waals surface area contributed by atoms with Crippen molar-refractivity contribution < 1.29 is 0 Å². The molecule has 22 heavy (non-hydrogen) atoms. The lowest BCUT2D eigenvalue weighted by molar-refractivity contribution is 0.839. The Kier molecular flexibility index (Phi) is 4.38. The Labute approximate surface area is 132 Å². The summed E-state index contributed by atoms with van der Waals surface area (Å²) in [6, 6.07) is 16.9. The van der Waals surface area contributed by atoms with Gasteiger partial charge < -0.3 is 5.32 Å². The SMILES string of the molecule is Cc1ccc(/N=C2/C=C(Nc3ccc(C)cc3)CCC2)cc1. The highest BCUT2D eigenvalue weighted by Crippen LogP contribution is 2.22. The Morgan fingerprint density at radius 2 is 1.45 bits per heavy atom. The van der Waals surface area contributed by atoms with Gasteiger partial charge in [0, 0.05) is 17.1 Å². The first-order valence-electron chi connectivity index (χ1n) is 7.87. The number of hydrogen-bond donors (Lipinski definition) is 1. The van der Waals surface area contributed by atoms with Crippen LogP contribution in [0.2, 0.25) is 0 Å². The predicted molar refractivity (Wildman–Crippen MR) is 95.0 cm³/mol. The monoisotopic (exact) mass is 290 g/mol. The van der Waals surface area contributed by atoms with Gasteiger partial charge in [-0.2, -0.15) is 0 Å². The molecular formula is C20H22N2. The van der Waals surface area contributed by atoms with Gasteiger partial charge in [0.2, 0.25) is 0 Å². The van der Waals surface area contributed by atoms with E-state index in [2.05, 4.69) is 73.8 Å². The summed E-state index contributed by atoms with van der Waals surface area (Å²) in [6.45, 7) is 4.21. The highest BCUT2D eigenvalue weighted by Gasteiger charge is 2.09. The second-order valence-electron chi connectivity index (χ2n) is 5.95. The Bertz CT molecular complexity index is 691. The van der Waals surface area contributed by atoms with Crippen LogP contribution < -0.4 is 5.32 Å². The number of allylic oxidation sites excluding steroid dienone is 2. The lowest BCUT2D eigenvalue weighted by Crippen LogP contribution is -2.09. The van der Waals surface area contributed by atoms with Crippen molar-refractivity contribution in [1.29, 1.82) is 0 Å². The van der Waals surface area contributed by atoms with Crippen molar-refractivity contribution >= 4 is 17.1 Å². The van der Waals surface area contributed by atoms with E-state index in [0.29, 0.717) is 0 Å². The van der Waals surface area contributed by atoms with Gasteiger partial charge in [0.15, 0.2) is 0 Å². The van der Waals surface area contributed by atoms with Gasteiger partial charge in [-0.1, -0.05) is 35.4 Å². The number of benzene rings is 2. The van der Waals surface area contributed by atoms with Crippen molar-refractivity contribution in [2.45, 2.75) is 33.1 Å². The third kappa shape index (κ3) is 3.85. The third-order valence-corrected chi connectivity index (χ3v) is 3.88. The van der Waals surface area contributed by atoms with Crippen LogP contribution in [0.4, 0.5) is 11.4 Å². The number of nitrogens with one attached hydrogen (secondary N) is 1. The fourth-order valence-corrected chi connectivity index (χ4v) is 2.60. The van der Waals surface area contributed by atoms with Crippen LogP contribution in [0.1, 0.15) is 30.4 Å². The van der Waals surface area contributed by atoms with E-state index in [1.54, 1.807) is 0 Å². The first-order valence-corrected chi connectivity index (χ1v) is 7.87. The van der Waals surface area contributed by atoms with Gasteiger partial charge in [-0.05, 0) is 63.5 Å². The minimum absolute atomic E-state index is 1.04. The summed E-state index contributed by atoms with van der Waals surface area (Å²) in [7, 11) is 0. The zero-order chi connectivity index (χ0) is 15.4. The first-order chi connectivity index (χ1) is 10.7. The minimum atomic E-state index is 1.04. The molecule has 0 spiro atoms. The second-order valence-corrected chi connectivity index (χ2v) is 5.95. The van der Waals surface area contributed by atoms with Crippen molar-refractivity contribution in [2.75, 3.05) is 5.32 Å². The van der Waals surface area contributed by atoms with E-state index in [1.165, 1.54) is 16.8 Å². The molecule has 0 saturated carbocycles. The molecule has 0 unspecified atom stereocenters. The molecule has 112 valence electrons. The van der Waals surface area contributed by atoms with Gasteiger partial charge in [0.25, 0.3) is 0 Å². The van der Waals surface area contributed by atoms with E-state index in [9.17, 15) is 0 Å². The van der Waals surface area contributed by atoms with Crippen molar-refractivity contribution in [2.24, 2.45) is 4.99 Å². The van der Waals surface area contributed by atoms with Gasteiger partial charge in [0.1, 0.15) is 0 Å². The number of nitrogens with zero attached hydrogens (tertiary/aromatic N) is 1. The number of rotatable bonds is 3. The molecule has 0 fully saturated rings. The van der Waals surface area contributed by atoms with Crippen LogP contribution in [0.15, 0.2) is 65.3 Å². The van der Waals surface area contributed by atoms with E-state index < -0.39 is 0 Å². The fourth-order valence-electron chi connectivity index (χ4n) is 2.60. The minimum Gasteiger partial charge on any atom is -0.359 e. The molecule has 1 aliphatic rings. The molecule has 0 atom stereocenters. The summed E-state index contributed by atoms with van der Waals surface area (Å²) < 4.78 is 0. The summed E-state index contributed by atoms with van der Waals surface area (Å²) in [4.78, 5) is 4.77. The molecule has 0 saturated heterocycles. The highest BCUT2D eigenvalue weighted by atomic mass is 14.9. The summed E-state index contributed by atoms with van der Waals surface area (Å²) in [5, 5.41) is 3.51. The molecule has 2 aromatic rings. The first kappa shape index (κ1) is 14.6. The lowest BCUT2D eigenvalue weighted by atomic mass is 10.0. The van der Waals surface area contributed by atoms with Crippen LogP contribution in [0, 0.1) is 13.8 Å². The highest BCUT2D eigenvalue weighted by molar-refractivity contribution is 5.98. The van der Waals surface area contributed by atoms with Crippen molar-refractivity contribution in [3.63, 3.8) is 0 Å². The van der Waals surface area contributed by atoms with Crippen LogP contribution in [-0.4, -0.2) is 5.71 Å². The van der Waals surface area contributed by atoms with Crippen LogP contribution in [0.5, 0.6) is 0 Å². The Morgan fingerprint density at radius 3 is 2.14 bits per heavy atom. The van der Waals surface area contributed by atoms with Gasteiger partial charge in [-0.25, -0.2) is 0 Å². The molecular weight excluding hydrogens is 268 g/mol. The quantitative estimate of drug-likeness (QED) is 0.786. The maximum Gasteiger partial charge on any atom is 0.0633 e. The van der Waals surface area contributed by atoms with Crippen molar-refractivity contribution in [1.82, 2.24) is 0 Å². The molecule has 2 nitrogen and oxygen atoms in total. The van der Waals surface area contributed by atoms with Crippen molar-refractivity contribution in [3.8, 4) is 0 Å². The lowest BCUT2D eigenvalue weighted by Gasteiger charge is -2.16. The molecule has 0 aromatic heterocycles. The Hall–Kier alpha value is -2.35. The molecule has 2 heteroatoms. The molecule has 0 radical (unpaired) electrons. The summed E-state index contributed by atoms with van der Waals surface area (Å²) in [5.74, 6) is 0. The largest absolute Gasteiger partial charge is 0.359 e. The zero-order valence-electron chi connectivity index (χ0n) is 13.3. The predicted octanol–water partition coefficient (Wildman–Crippen LogP) is 5.56. The normalized spacial score (nSPS) is 16.5. The molecule has 2 aromatic carbocycles. The zero-order valence-corrected chi connectivity index (χ0v) is 13.3. The maximum atomic E-state index is 4.77. The summed E-state index contributed by atoms with van der Waals surface area (Å²) in [6.07, 6.45) is 5.48. The smallest absolute Gasteiger partial charge is 0.0633 e. The van der Waals surface area contributed by atoms with Gasteiger partial charge in [0.05, 0.1) is 5.69 Å². The van der Waals surface area contributed by atoms with Gasteiger partial charge >= 0.3 is 0 Å².